The number of anilines is 2. The molecule has 0 atom stereocenters. The standard InChI is InChI=1S/C11H15BrN4O.C9H13BrN4.C2H3ClO/c1-7(17)16-4-2-8(3-5-16)9-6-14-11(13)10(12)15-9;10-8-9(11)13-5-7(14-8)6-1-3-12-4-2-6;1-2(3)4/h6,8H,2-5H2,1H3,(H2,13,14);5-6,12H,1-4H2,(H2,11,13);1H3. The molecule has 35 heavy (non-hydrogen) atoms. The van der Waals surface area contributed by atoms with Crippen LogP contribution < -0.4 is 16.8 Å². The monoisotopic (exact) mass is 632 g/mol. The van der Waals surface area contributed by atoms with E-state index in [1.54, 1.807) is 19.3 Å². The Morgan fingerprint density at radius 3 is 1.69 bits per heavy atom. The lowest BCUT2D eigenvalue weighted by Crippen LogP contribution is -2.36. The molecule has 4 heterocycles. The molecule has 10 nitrogen and oxygen atoms in total. The lowest BCUT2D eigenvalue weighted by atomic mass is 9.94. The normalized spacial score (nSPS) is 16.4. The van der Waals surface area contributed by atoms with Crippen LogP contribution in [0.25, 0.3) is 0 Å². The van der Waals surface area contributed by atoms with Gasteiger partial charge in [0.05, 0.1) is 23.8 Å². The largest absolute Gasteiger partial charge is 0.381 e. The van der Waals surface area contributed by atoms with E-state index in [-0.39, 0.29) is 11.1 Å². The molecule has 0 radical (unpaired) electrons. The molecule has 2 aliphatic heterocycles. The third-order valence-electron chi connectivity index (χ3n) is 5.67. The summed E-state index contributed by atoms with van der Waals surface area (Å²) in [6, 6.07) is 0. The van der Waals surface area contributed by atoms with Crippen LogP contribution >= 0.6 is 43.5 Å². The number of aromatic nitrogens is 4. The molecule has 0 aromatic carbocycles. The molecule has 4 rings (SSSR count). The third-order valence-corrected chi connectivity index (χ3v) is 6.83. The fourth-order valence-corrected chi connectivity index (χ4v) is 4.39. The van der Waals surface area contributed by atoms with Gasteiger partial charge in [-0.3, -0.25) is 9.59 Å². The van der Waals surface area contributed by atoms with Crippen LogP contribution in [0.4, 0.5) is 11.6 Å². The topological polar surface area (TPSA) is 153 Å². The number of nitrogens with two attached hydrogens (primary N) is 2. The van der Waals surface area contributed by atoms with Gasteiger partial charge in [0.15, 0.2) is 11.6 Å². The van der Waals surface area contributed by atoms with Gasteiger partial charge in [-0.25, -0.2) is 19.9 Å². The number of carbonyl (C=O) groups is 2. The molecule has 0 unspecified atom stereocenters. The highest BCUT2D eigenvalue weighted by Crippen LogP contribution is 2.28. The van der Waals surface area contributed by atoms with Crippen LogP contribution in [0.15, 0.2) is 21.6 Å². The molecule has 0 aliphatic carbocycles. The Balaban J connectivity index is 0.000000217. The molecule has 0 spiro atoms. The molecule has 13 heteroatoms. The minimum absolute atomic E-state index is 0.146. The van der Waals surface area contributed by atoms with Crippen molar-refractivity contribution >= 4 is 66.2 Å². The Kier molecular flexibility index (Phi) is 12.3. The van der Waals surface area contributed by atoms with Gasteiger partial charge in [0, 0.05) is 38.8 Å². The smallest absolute Gasteiger partial charge is 0.219 e. The molecular formula is C22H31Br2ClN8O2. The summed E-state index contributed by atoms with van der Waals surface area (Å²) in [5.41, 5.74) is 13.2. The molecular weight excluding hydrogens is 604 g/mol. The molecule has 1 amide bonds. The van der Waals surface area contributed by atoms with Crippen LogP contribution in [0, 0.1) is 0 Å². The summed E-state index contributed by atoms with van der Waals surface area (Å²) in [5.74, 6) is 1.92. The van der Waals surface area contributed by atoms with E-state index in [1.165, 1.54) is 6.92 Å². The van der Waals surface area contributed by atoms with Crippen molar-refractivity contribution in [1.82, 2.24) is 30.2 Å². The zero-order valence-corrected chi connectivity index (χ0v) is 23.7. The Labute approximate surface area is 227 Å². The van der Waals surface area contributed by atoms with Gasteiger partial charge in [0.2, 0.25) is 11.1 Å². The van der Waals surface area contributed by atoms with Crippen LogP contribution in [-0.4, -0.2) is 62.2 Å². The maximum absolute atomic E-state index is 11.2. The molecule has 0 saturated carbocycles. The van der Waals surface area contributed by atoms with Crippen LogP contribution in [-0.2, 0) is 9.59 Å². The number of nitrogens with one attached hydrogen (secondary N) is 1. The second-order valence-corrected chi connectivity index (χ2v) is 10.3. The summed E-state index contributed by atoms with van der Waals surface area (Å²) in [4.78, 5) is 39.3. The Morgan fingerprint density at radius 2 is 1.31 bits per heavy atom. The first-order chi connectivity index (χ1) is 16.6. The average molecular weight is 635 g/mol. The maximum atomic E-state index is 11.2. The molecule has 2 saturated heterocycles. The number of likely N-dealkylation sites (tertiary alicyclic amines) is 1. The van der Waals surface area contributed by atoms with E-state index in [4.69, 9.17) is 11.5 Å². The minimum Gasteiger partial charge on any atom is -0.381 e. The van der Waals surface area contributed by atoms with E-state index < -0.39 is 0 Å². The Morgan fingerprint density at radius 1 is 0.914 bits per heavy atom. The van der Waals surface area contributed by atoms with Crippen LogP contribution in [0.1, 0.15) is 62.8 Å². The summed E-state index contributed by atoms with van der Waals surface area (Å²) < 4.78 is 1.26. The highest BCUT2D eigenvalue weighted by Gasteiger charge is 2.23. The summed E-state index contributed by atoms with van der Waals surface area (Å²) in [5, 5.41) is 2.96. The van der Waals surface area contributed by atoms with Crippen molar-refractivity contribution in [2.75, 3.05) is 37.6 Å². The van der Waals surface area contributed by atoms with Gasteiger partial charge in [-0.2, -0.15) is 0 Å². The summed E-state index contributed by atoms with van der Waals surface area (Å²) in [6.45, 7) is 6.62. The number of amides is 1. The zero-order valence-electron chi connectivity index (χ0n) is 19.8. The van der Waals surface area contributed by atoms with Crippen molar-refractivity contribution in [3.05, 3.63) is 33.0 Å². The van der Waals surface area contributed by atoms with Crippen molar-refractivity contribution < 1.29 is 9.59 Å². The van der Waals surface area contributed by atoms with Gasteiger partial charge in [-0.15, -0.1) is 0 Å². The number of hydrogen-bond acceptors (Lipinski definition) is 9. The average Bonchev–Trinajstić information content (AvgIpc) is 2.83. The summed E-state index contributed by atoms with van der Waals surface area (Å²) in [7, 11) is 0. The quantitative estimate of drug-likeness (QED) is 0.421. The van der Waals surface area contributed by atoms with Crippen molar-refractivity contribution in [3.63, 3.8) is 0 Å². The van der Waals surface area contributed by atoms with E-state index in [9.17, 15) is 9.59 Å². The number of halogens is 3. The van der Waals surface area contributed by atoms with Crippen LogP contribution in [0.2, 0.25) is 0 Å². The lowest BCUT2D eigenvalue weighted by molar-refractivity contribution is -0.129. The highest BCUT2D eigenvalue weighted by atomic mass is 79.9. The Hall–Kier alpha value is -1.89. The number of carbonyl (C=O) groups excluding carboxylic acids is 2. The van der Waals surface area contributed by atoms with Crippen LogP contribution in [0.3, 0.4) is 0 Å². The SMILES string of the molecule is CC(=O)Cl.CC(=O)N1CCC(c2cnc(N)c(Br)n2)CC1.Nc1ncc(C2CCNCC2)nc1Br. The van der Waals surface area contributed by atoms with Gasteiger partial charge >= 0.3 is 0 Å². The first-order valence-corrected chi connectivity index (χ1v) is 13.2. The number of piperidine rings is 2. The van der Waals surface area contributed by atoms with Crippen molar-refractivity contribution in [2.24, 2.45) is 0 Å². The van der Waals surface area contributed by atoms with Gasteiger partial charge in [-0.1, -0.05) is 0 Å². The van der Waals surface area contributed by atoms with E-state index in [2.05, 4.69) is 68.7 Å². The van der Waals surface area contributed by atoms with Gasteiger partial charge in [-0.05, 0) is 82.2 Å². The number of nitrogens with zero attached hydrogens (tertiary/aromatic N) is 5. The van der Waals surface area contributed by atoms with E-state index >= 15 is 0 Å². The summed E-state index contributed by atoms with van der Waals surface area (Å²) >= 11 is 11.2. The number of hydrogen-bond donors (Lipinski definition) is 3. The highest BCUT2D eigenvalue weighted by molar-refractivity contribution is 9.10. The molecule has 2 aliphatic rings. The van der Waals surface area contributed by atoms with Gasteiger partial charge in [0.1, 0.15) is 9.21 Å². The molecule has 2 aromatic rings. The minimum atomic E-state index is -0.361. The second kappa shape index (κ2) is 14.6. The van der Waals surface area contributed by atoms with Gasteiger partial charge in [0.25, 0.3) is 0 Å². The fourth-order valence-electron chi connectivity index (χ4n) is 3.78. The van der Waals surface area contributed by atoms with Crippen molar-refractivity contribution in [1.29, 1.82) is 0 Å². The van der Waals surface area contributed by atoms with Crippen molar-refractivity contribution in [3.8, 4) is 0 Å². The second-order valence-electron chi connectivity index (χ2n) is 8.22. The fraction of sp³-hybridized carbons (Fsp3) is 0.545. The molecule has 5 N–H and O–H groups in total. The van der Waals surface area contributed by atoms with Crippen molar-refractivity contribution in [2.45, 2.75) is 51.4 Å². The predicted molar refractivity (Wildman–Crippen MR) is 144 cm³/mol. The van der Waals surface area contributed by atoms with E-state index in [1.807, 2.05) is 4.90 Å². The molecule has 192 valence electrons. The third kappa shape index (κ3) is 9.94. The number of rotatable bonds is 2. The van der Waals surface area contributed by atoms with Gasteiger partial charge < -0.3 is 21.7 Å². The molecule has 2 aromatic heterocycles. The zero-order chi connectivity index (χ0) is 26.0. The first kappa shape index (κ1) is 29.3. The molecule has 0 bridgehead atoms. The first-order valence-electron chi connectivity index (χ1n) is 11.3. The number of nitrogen functional groups attached to an aromatic ring is 2. The molecule has 2 fully saturated rings. The Bertz CT molecular complexity index is 995. The predicted octanol–water partition coefficient (Wildman–Crippen LogP) is 3.61. The maximum Gasteiger partial charge on any atom is 0.219 e. The lowest BCUT2D eigenvalue weighted by Gasteiger charge is -2.30. The van der Waals surface area contributed by atoms with E-state index in [0.29, 0.717) is 32.7 Å². The van der Waals surface area contributed by atoms with E-state index in [0.717, 1.165) is 63.3 Å². The van der Waals surface area contributed by atoms with Crippen LogP contribution in [0.5, 0.6) is 0 Å². The summed E-state index contributed by atoms with van der Waals surface area (Å²) in [6.07, 6.45) is 7.65.